The van der Waals surface area contributed by atoms with E-state index in [1.165, 1.54) is 0 Å². The molecule has 21 heavy (non-hydrogen) atoms. The predicted molar refractivity (Wildman–Crippen MR) is 80.6 cm³/mol. The van der Waals surface area contributed by atoms with Crippen LogP contribution in [0, 0.1) is 0 Å². The maximum atomic E-state index is 5.98. The average Bonchev–Trinajstić information content (AvgIpc) is 2.93. The number of rotatable bonds is 7. The van der Waals surface area contributed by atoms with E-state index in [2.05, 4.69) is 10.1 Å². The third kappa shape index (κ3) is 4.31. The molecular formula is C13H15Cl2N3O3. The van der Waals surface area contributed by atoms with E-state index < -0.39 is 0 Å². The van der Waals surface area contributed by atoms with Gasteiger partial charge in [-0.2, -0.15) is 4.98 Å². The average molecular weight is 332 g/mol. The Labute approximate surface area is 132 Å². The second-order valence-electron chi connectivity index (χ2n) is 4.22. The van der Waals surface area contributed by atoms with Gasteiger partial charge in [-0.05, 0) is 12.1 Å². The van der Waals surface area contributed by atoms with Gasteiger partial charge in [0.1, 0.15) is 0 Å². The van der Waals surface area contributed by atoms with E-state index in [0.717, 1.165) is 0 Å². The SMILES string of the molecule is COCCOCCc1noc(-c2cc(Cl)c(N)c(Cl)c2)n1. The van der Waals surface area contributed by atoms with Gasteiger partial charge in [0, 0.05) is 19.1 Å². The molecule has 0 aliphatic carbocycles. The van der Waals surface area contributed by atoms with Crippen LogP contribution in [0.5, 0.6) is 0 Å². The third-order valence-electron chi connectivity index (χ3n) is 2.70. The highest BCUT2D eigenvalue weighted by Gasteiger charge is 2.12. The Morgan fingerprint density at radius 1 is 1.19 bits per heavy atom. The van der Waals surface area contributed by atoms with Crippen LogP contribution in [0.1, 0.15) is 5.82 Å². The van der Waals surface area contributed by atoms with Gasteiger partial charge in [0.2, 0.25) is 0 Å². The number of hydrogen-bond donors (Lipinski definition) is 1. The molecule has 0 fully saturated rings. The van der Waals surface area contributed by atoms with Gasteiger partial charge in [0.05, 0.1) is 35.6 Å². The topological polar surface area (TPSA) is 83.4 Å². The smallest absolute Gasteiger partial charge is 0.258 e. The minimum Gasteiger partial charge on any atom is -0.396 e. The van der Waals surface area contributed by atoms with Crippen molar-refractivity contribution in [3.05, 3.63) is 28.0 Å². The van der Waals surface area contributed by atoms with Crippen molar-refractivity contribution in [2.24, 2.45) is 0 Å². The lowest BCUT2D eigenvalue weighted by molar-refractivity contribution is 0.0714. The lowest BCUT2D eigenvalue weighted by Crippen LogP contribution is -2.05. The monoisotopic (exact) mass is 331 g/mol. The van der Waals surface area contributed by atoms with Gasteiger partial charge in [-0.25, -0.2) is 0 Å². The summed E-state index contributed by atoms with van der Waals surface area (Å²) >= 11 is 12.0. The summed E-state index contributed by atoms with van der Waals surface area (Å²) in [6.45, 7) is 1.58. The molecule has 0 spiro atoms. The summed E-state index contributed by atoms with van der Waals surface area (Å²) < 4.78 is 15.4. The van der Waals surface area contributed by atoms with Crippen LogP contribution in [0.25, 0.3) is 11.5 Å². The number of nitrogens with two attached hydrogens (primary N) is 1. The molecule has 1 aromatic heterocycles. The van der Waals surface area contributed by atoms with Gasteiger partial charge in [0.25, 0.3) is 5.89 Å². The molecule has 0 radical (unpaired) electrons. The van der Waals surface area contributed by atoms with Crippen molar-refractivity contribution >= 4 is 28.9 Å². The molecule has 8 heteroatoms. The number of halogens is 2. The van der Waals surface area contributed by atoms with Crippen molar-refractivity contribution in [1.29, 1.82) is 0 Å². The van der Waals surface area contributed by atoms with E-state index in [1.54, 1.807) is 19.2 Å². The Bertz CT molecular complexity index is 581. The normalized spacial score (nSPS) is 11.0. The van der Waals surface area contributed by atoms with Crippen LogP contribution >= 0.6 is 23.2 Å². The summed E-state index contributed by atoms with van der Waals surface area (Å²) in [5.41, 5.74) is 6.63. The Morgan fingerprint density at radius 3 is 2.57 bits per heavy atom. The standard InChI is InChI=1S/C13H15Cl2N3O3/c1-19-4-5-20-3-2-11-17-13(21-18-11)8-6-9(14)12(16)10(15)7-8/h6-7H,2-5,16H2,1H3. The molecule has 0 atom stereocenters. The Kier molecular flexibility index (Phi) is 5.81. The summed E-state index contributed by atoms with van der Waals surface area (Å²) in [6, 6.07) is 3.27. The minimum atomic E-state index is 0.327. The molecule has 0 saturated carbocycles. The van der Waals surface area contributed by atoms with Crippen LogP contribution in [0.3, 0.4) is 0 Å². The van der Waals surface area contributed by atoms with Crippen LogP contribution in [-0.4, -0.2) is 37.1 Å². The molecule has 1 heterocycles. The lowest BCUT2D eigenvalue weighted by Gasteiger charge is -2.02. The molecule has 2 rings (SSSR count). The summed E-state index contributed by atoms with van der Waals surface area (Å²) in [5.74, 6) is 0.886. The summed E-state index contributed by atoms with van der Waals surface area (Å²) in [6.07, 6.45) is 0.545. The fourth-order valence-corrected chi connectivity index (χ4v) is 2.08. The molecule has 2 N–H and O–H groups in total. The third-order valence-corrected chi connectivity index (χ3v) is 3.32. The first-order valence-electron chi connectivity index (χ1n) is 6.26. The van der Waals surface area contributed by atoms with Crippen LogP contribution in [0.4, 0.5) is 5.69 Å². The maximum Gasteiger partial charge on any atom is 0.258 e. The first-order chi connectivity index (χ1) is 10.1. The molecule has 1 aromatic carbocycles. The van der Waals surface area contributed by atoms with Gasteiger partial charge in [-0.1, -0.05) is 28.4 Å². The fraction of sp³-hybridized carbons (Fsp3) is 0.385. The largest absolute Gasteiger partial charge is 0.396 e. The second-order valence-corrected chi connectivity index (χ2v) is 5.04. The number of aromatic nitrogens is 2. The van der Waals surface area contributed by atoms with Gasteiger partial charge in [-0.15, -0.1) is 0 Å². The van der Waals surface area contributed by atoms with Gasteiger partial charge >= 0.3 is 0 Å². The summed E-state index contributed by atoms with van der Waals surface area (Å²) in [4.78, 5) is 4.26. The Balaban J connectivity index is 1.99. The first-order valence-corrected chi connectivity index (χ1v) is 7.01. The molecule has 0 amide bonds. The van der Waals surface area contributed by atoms with Crippen LogP contribution in [0.2, 0.25) is 10.0 Å². The van der Waals surface area contributed by atoms with Crippen molar-refractivity contribution in [2.45, 2.75) is 6.42 Å². The van der Waals surface area contributed by atoms with Crippen molar-refractivity contribution < 1.29 is 14.0 Å². The van der Waals surface area contributed by atoms with Crippen molar-refractivity contribution in [3.63, 3.8) is 0 Å². The number of nitrogen functional groups attached to an aromatic ring is 1. The zero-order chi connectivity index (χ0) is 15.2. The number of anilines is 1. The van der Waals surface area contributed by atoms with Crippen LogP contribution in [-0.2, 0) is 15.9 Å². The minimum absolute atomic E-state index is 0.327. The van der Waals surface area contributed by atoms with Gasteiger partial charge < -0.3 is 19.7 Å². The molecule has 0 aliphatic rings. The molecule has 0 aliphatic heterocycles. The Hall–Kier alpha value is -1.34. The summed E-state index contributed by atoms with van der Waals surface area (Å²) in [5, 5.41) is 4.57. The highest BCUT2D eigenvalue weighted by atomic mass is 35.5. The van der Waals surface area contributed by atoms with E-state index in [0.29, 0.717) is 59.3 Å². The van der Waals surface area contributed by atoms with E-state index in [4.69, 9.17) is 42.9 Å². The van der Waals surface area contributed by atoms with E-state index >= 15 is 0 Å². The summed E-state index contributed by atoms with van der Waals surface area (Å²) in [7, 11) is 1.62. The van der Waals surface area contributed by atoms with Gasteiger partial charge in [0.15, 0.2) is 5.82 Å². The van der Waals surface area contributed by atoms with Crippen molar-refractivity contribution in [3.8, 4) is 11.5 Å². The highest BCUT2D eigenvalue weighted by molar-refractivity contribution is 6.39. The van der Waals surface area contributed by atoms with E-state index in [9.17, 15) is 0 Å². The first kappa shape index (κ1) is 16.0. The quantitative estimate of drug-likeness (QED) is 0.620. The maximum absolute atomic E-state index is 5.98. The van der Waals surface area contributed by atoms with Crippen LogP contribution in [0.15, 0.2) is 16.7 Å². The fourth-order valence-electron chi connectivity index (χ4n) is 1.59. The van der Waals surface area contributed by atoms with Crippen molar-refractivity contribution in [1.82, 2.24) is 10.1 Å². The number of ether oxygens (including phenoxy) is 2. The molecule has 114 valence electrons. The lowest BCUT2D eigenvalue weighted by atomic mass is 10.2. The highest BCUT2D eigenvalue weighted by Crippen LogP contribution is 2.32. The predicted octanol–water partition coefficient (Wildman–Crippen LogP) is 2.83. The van der Waals surface area contributed by atoms with E-state index in [-0.39, 0.29) is 0 Å². The van der Waals surface area contributed by atoms with Crippen molar-refractivity contribution in [2.75, 3.05) is 32.7 Å². The molecule has 0 bridgehead atoms. The molecule has 0 unspecified atom stereocenters. The molecular weight excluding hydrogens is 317 g/mol. The number of nitrogens with zero attached hydrogens (tertiary/aromatic N) is 2. The van der Waals surface area contributed by atoms with Gasteiger partial charge in [-0.3, -0.25) is 0 Å². The zero-order valence-corrected chi connectivity index (χ0v) is 12.9. The zero-order valence-electron chi connectivity index (χ0n) is 11.4. The number of methoxy groups -OCH3 is 1. The van der Waals surface area contributed by atoms with E-state index in [1.807, 2.05) is 0 Å². The second kappa shape index (κ2) is 7.61. The number of hydrogen-bond acceptors (Lipinski definition) is 6. The molecule has 6 nitrogen and oxygen atoms in total. The Morgan fingerprint density at radius 2 is 1.90 bits per heavy atom. The molecule has 2 aromatic rings. The molecule has 0 saturated heterocycles. The van der Waals surface area contributed by atoms with Crippen LogP contribution < -0.4 is 5.73 Å². The number of benzene rings is 1.